The number of hydrogen-bond acceptors (Lipinski definition) is 4. The normalized spacial score (nSPS) is 14.2. The van der Waals surface area contributed by atoms with E-state index in [1.807, 2.05) is 13.8 Å². The van der Waals surface area contributed by atoms with E-state index in [-0.39, 0.29) is 36.5 Å². The van der Waals surface area contributed by atoms with Gasteiger partial charge in [0.25, 0.3) is 0 Å². The largest absolute Gasteiger partial charge is 0.370 e. The van der Waals surface area contributed by atoms with Crippen LogP contribution in [0.25, 0.3) is 0 Å². The maximum absolute atomic E-state index is 12.7. The van der Waals surface area contributed by atoms with Crippen LogP contribution in [0.15, 0.2) is 0 Å². The molecule has 0 aromatic heterocycles. The van der Waals surface area contributed by atoms with Crippen LogP contribution in [0.4, 0.5) is 0 Å². The molecule has 0 fully saturated rings. The number of carbonyl (C=O) groups excluding carboxylic acids is 3. The predicted molar refractivity (Wildman–Crippen MR) is 116 cm³/mol. The number of halogens is 1. The summed E-state index contributed by atoms with van der Waals surface area (Å²) in [6, 6.07) is -0.752. The standard InChI is InChI=1S/C21H40ClN3O4/c1-5-6-7-8-9-10-11-19(27)24-17(14-16(2)3)20(28)25-21(29,15-22)13-12-18(26)23-4/h16-17,29H,5-15H2,1-4H3,(H,23,26)(H,24,27)(H,25,28)/t17-,21?/m0/s1. The number of carbonyl (C=O) groups is 3. The molecule has 0 saturated carbocycles. The number of aliphatic hydroxyl groups is 1. The van der Waals surface area contributed by atoms with Crippen molar-refractivity contribution >= 4 is 29.3 Å². The van der Waals surface area contributed by atoms with Gasteiger partial charge >= 0.3 is 0 Å². The highest BCUT2D eigenvalue weighted by Gasteiger charge is 2.32. The fourth-order valence-corrected chi connectivity index (χ4v) is 3.16. The van der Waals surface area contributed by atoms with Crippen molar-refractivity contribution < 1.29 is 19.5 Å². The van der Waals surface area contributed by atoms with Crippen molar-refractivity contribution in [2.45, 2.75) is 96.7 Å². The average Bonchev–Trinajstić information content (AvgIpc) is 2.67. The molecule has 4 N–H and O–H groups in total. The molecule has 0 aromatic carbocycles. The summed E-state index contributed by atoms with van der Waals surface area (Å²) in [5.41, 5.74) is -1.70. The first-order chi connectivity index (χ1) is 13.7. The predicted octanol–water partition coefficient (Wildman–Crippen LogP) is 2.84. The Balaban J connectivity index is 4.70. The quantitative estimate of drug-likeness (QED) is 0.170. The molecule has 0 spiro atoms. The molecule has 0 aliphatic rings. The number of alkyl halides is 1. The van der Waals surface area contributed by atoms with E-state index in [9.17, 15) is 19.5 Å². The molecule has 7 nitrogen and oxygen atoms in total. The summed E-state index contributed by atoms with van der Waals surface area (Å²) in [6.45, 7) is 6.08. The monoisotopic (exact) mass is 433 g/mol. The lowest BCUT2D eigenvalue weighted by atomic mass is 10.0. The van der Waals surface area contributed by atoms with Crippen LogP contribution in [-0.2, 0) is 14.4 Å². The molecular formula is C21H40ClN3O4. The fraction of sp³-hybridized carbons (Fsp3) is 0.857. The first kappa shape index (κ1) is 27.7. The first-order valence-corrected chi connectivity index (χ1v) is 11.3. The van der Waals surface area contributed by atoms with Crippen LogP contribution in [0.1, 0.15) is 85.0 Å². The third-order valence-electron chi connectivity index (χ3n) is 4.74. The molecule has 0 bridgehead atoms. The van der Waals surface area contributed by atoms with Crippen LogP contribution in [0.3, 0.4) is 0 Å². The summed E-state index contributed by atoms with van der Waals surface area (Å²) in [7, 11) is 1.50. The van der Waals surface area contributed by atoms with Gasteiger partial charge in [-0.25, -0.2) is 0 Å². The minimum atomic E-state index is -1.70. The second-order valence-corrected chi connectivity index (χ2v) is 8.36. The van der Waals surface area contributed by atoms with Gasteiger partial charge in [0.1, 0.15) is 6.04 Å². The van der Waals surface area contributed by atoms with Crippen molar-refractivity contribution in [3.05, 3.63) is 0 Å². The van der Waals surface area contributed by atoms with Crippen LogP contribution in [0, 0.1) is 5.92 Å². The highest BCUT2D eigenvalue weighted by Crippen LogP contribution is 2.14. The van der Waals surface area contributed by atoms with Gasteiger partial charge in [-0.05, 0) is 18.8 Å². The van der Waals surface area contributed by atoms with Gasteiger partial charge in [-0.1, -0.05) is 52.9 Å². The lowest BCUT2D eigenvalue weighted by Gasteiger charge is -2.30. The number of nitrogens with one attached hydrogen (secondary N) is 3. The van der Waals surface area contributed by atoms with Crippen molar-refractivity contribution in [1.29, 1.82) is 0 Å². The molecule has 0 aromatic rings. The Bertz CT molecular complexity index is 502. The van der Waals surface area contributed by atoms with Crippen LogP contribution in [0.5, 0.6) is 0 Å². The summed E-state index contributed by atoms with van der Waals surface area (Å²) < 4.78 is 0. The van der Waals surface area contributed by atoms with Gasteiger partial charge in [0.15, 0.2) is 5.72 Å². The van der Waals surface area contributed by atoms with E-state index >= 15 is 0 Å². The second kappa shape index (κ2) is 15.5. The van der Waals surface area contributed by atoms with Crippen molar-refractivity contribution in [3.8, 4) is 0 Å². The van der Waals surface area contributed by atoms with E-state index in [0.29, 0.717) is 12.8 Å². The van der Waals surface area contributed by atoms with Crippen molar-refractivity contribution in [1.82, 2.24) is 16.0 Å². The Hall–Kier alpha value is -1.34. The maximum atomic E-state index is 12.7. The van der Waals surface area contributed by atoms with Crippen molar-refractivity contribution in [3.63, 3.8) is 0 Å². The SMILES string of the molecule is CCCCCCCCC(=O)N[C@@H](CC(C)C)C(=O)NC(O)(CCl)CCC(=O)NC. The van der Waals surface area contributed by atoms with Gasteiger partial charge in [0.2, 0.25) is 17.7 Å². The zero-order valence-electron chi connectivity index (χ0n) is 18.5. The number of unbranched alkanes of at least 4 members (excludes halogenated alkanes) is 5. The molecule has 0 aliphatic carbocycles. The molecule has 0 aliphatic heterocycles. The molecule has 0 radical (unpaired) electrons. The van der Waals surface area contributed by atoms with Crippen LogP contribution in [-0.4, -0.2) is 47.5 Å². The number of rotatable bonds is 16. The molecule has 8 heteroatoms. The Morgan fingerprint density at radius 3 is 2.17 bits per heavy atom. The van der Waals surface area contributed by atoms with E-state index in [1.165, 1.54) is 26.3 Å². The lowest BCUT2D eigenvalue weighted by molar-refractivity contribution is -0.135. The average molecular weight is 434 g/mol. The van der Waals surface area contributed by atoms with Gasteiger partial charge in [0.05, 0.1) is 5.88 Å². The Labute approximate surface area is 180 Å². The summed E-state index contributed by atoms with van der Waals surface area (Å²) in [5.74, 6) is -0.990. The third kappa shape index (κ3) is 13.5. The summed E-state index contributed by atoms with van der Waals surface area (Å²) >= 11 is 5.83. The topological polar surface area (TPSA) is 108 Å². The third-order valence-corrected chi connectivity index (χ3v) is 5.18. The van der Waals surface area contributed by atoms with Crippen LogP contribution >= 0.6 is 11.6 Å². The van der Waals surface area contributed by atoms with Crippen molar-refractivity contribution in [2.24, 2.45) is 5.92 Å². The minimum absolute atomic E-state index is 0.0119. The minimum Gasteiger partial charge on any atom is -0.370 e. The zero-order valence-corrected chi connectivity index (χ0v) is 19.2. The Kier molecular flexibility index (Phi) is 14.8. The smallest absolute Gasteiger partial charge is 0.244 e. The number of amides is 3. The Morgan fingerprint density at radius 2 is 1.62 bits per heavy atom. The van der Waals surface area contributed by atoms with Gasteiger partial charge in [-0.2, -0.15) is 0 Å². The molecule has 29 heavy (non-hydrogen) atoms. The first-order valence-electron chi connectivity index (χ1n) is 10.8. The molecule has 170 valence electrons. The molecule has 0 rings (SSSR count). The molecule has 3 amide bonds. The van der Waals surface area contributed by atoms with E-state index in [0.717, 1.165) is 19.3 Å². The molecule has 0 heterocycles. The zero-order chi connectivity index (χ0) is 22.3. The van der Waals surface area contributed by atoms with Crippen molar-refractivity contribution in [2.75, 3.05) is 12.9 Å². The van der Waals surface area contributed by atoms with E-state index in [1.54, 1.807) is 0 Å². The highest BCUT2D eigenvalue weighted by atomic mass is 35.5. The summed E-state index contributed by atoms with van der Waals surface area (Å²) in [4.78, 5) is 36.4. The number of hydrogen-bond donors (Lipinski definition) is 4. The van der Waals surface area contributed by atoms with E-state index in [4.69, 9.17) is 11.6 Å². The Morgan fingerprint density at radius 1 is 1.00 bits per heavy atom. The van der Waals surface area contributed by atoms with Crippen LogP contribution < -0.4 is 16.0 Å². The van der Waals surface area contributed by atoms with Gasteiger partial charge in [-0.15, -0.1) is 11.6 Å². The second-order valence-electron chi connectivity index (χ2n) is 8.10. The van der Waals surface area contributed by atoms with Crippen LogP contribution in [0.2, 0.25) is 0 Å². The maximum Gasteiger partial charge on any atom is 0.244 e. The van der Waals surface area contributed by atoms with E-state index in [2.05, 4.69) is 22.9 Å². The molecular weight excluding hydrogens is 394 g/mol. The van der Waals surface area contributed by atoms with Gasteiger partial charge in [-0.3, -0.25) is 14.4 Å². The fourth-order valence-electron chi connectivity index (χ4n) is 2.96. The molecule has 1 unspecified atom stereocenters. The molecule has 2 atom stereocenters. The summed E-state index contributed by atoms with van der Waals surface area (Å²) in [5, 5.41) is 18.3. The lowest BCUT2D eigenvalue weighted by Crippen LogP contribution is -2.57. The van der Waals surface area contributed by atoms with E-state index < -0.39 is 17.7 Å². The molecule has 0 saturated heterocycles. The summed E-state index contributed by atoms with van der Waals surface area (Å²) in [6.07, 6.45) is 7.34. The van der Waals surface area contributed by atoms with Gasteiger partial charge in [0, 0.05) is 26.3 Å². The van der Waals surface area contributed by atoms with Gasteiger partial charge < -0.3 is 21.1 Å². The highest BCUT2D eigenvalue weighted by molar-refractivity contribution is 6.18.